The summed E-state index contributed by atoms with van der Waals surface area (Å²) in [5.41, 5.74) is 5.06. The zero-order valence-electron chi connectivity index (χ0n) is 28.5. The van der Waals surface area contributed by atoms with E-state index in [1.165, 1.54) is 7.05 Å². The molecule has 0 aromatic carbocycles. The van der Waals surface area contributed by atoms with Gasteiger partial charge in [0.2, 0.25) is 29.5 Å². The fourth-order valence-corrected chi connectivity index (χ4v) is 4.69. The molecule has 0 bridgehead atoms. The van der Waals surface area contributed by atoms with Crippen molar-refractivity contribution in [2.45, 2.75) is 64.8 Å². The molecule has 1 saturated heterocycles. The molecule has 6 N–H and O–H groups in total. The average molecular weight is 687 g/mol. The lowest BCUT2D eigenvalue weighted by atomic mass is 9.89. The van der Waals surface area contributed by atoms with Gasteiger partial charge in [0.1, 0.15) is 0 Å². The van der Waals surface area contributed by atoms with Crippen LogP contribution in [0.2, 0.25) is 0 Å². The van der Waals surface area contributed by atoms with E-state index < -0.39 is 18.0 Å². The third kappa shape index (κ3) is 19.2. The van der Waals surface area contributed by atoms with E-state index in [4.69, 9.17) is 24.7 Å². The Labute approximate surface area is 282 Å². The van der Waals surface area contributed by atoms with Crippen molar-refractivity contribution in [2.75, 3.05) is 79.5 Å². The molecule has 1 aliphatic rings. The number of primary amides is 1. The number of Topliss-reactive ketones (excluding diaryl/α,β-unsaturated/α-hetero) is 1. The molecule has 274 valence electrons. The van der Waals surface area contributed by atoms with Crippen LogP contribution in [-0.4, -0.2) is 132 Å². The van der Waals surface area contributed by atoms with Gasteiger partial charge in [0, 0.05) is 64.7 Å². The Morgan fingerprint density at radius 3 is 1.88 bits per heavy atom. The summed E-state index contributed by atoms with van der Waals surface area (Å²) in [4.78, 5) is 84.7. The predicted octanol–water partition coefficient (Wildman–Crippen LogP) is -0.991. The van der Waals surface area contributed by atoms with E-state index in [0.29, 0.717) is 65.6 Å². The number of imide groups is 1. The number of carbonyl (C=O) groups excluding carboxylic acids is 7. The van der Waals surface area contributed by atoms with E-state index >= 15 is 0 Å². The molecule has 17 nitrogen and oxygen atoms in total. The minimum Gasteiger partial charge on any atom is -0.379 e. The van der Waals surface area contributed by atoms with Gasteiger partial charge in [-0.2, -0.15) is 0 Å². The van der Waals surface area contributed by atoms with Crippen molar-refractivity contribution in [1.82, 2.24) is 26.2 Å². The topological polar surface area (TPSA) is 234 Å². The zero-order valence-corrected chi connectivity index (χ0v) is 28.5. The van der Waals surface area contributed by atoms with Crippen molar-refractivity contribution in [3.05, 3.63) is 0 Å². The van der Waals surface area contributed by atoms with Gasteiger partial charge >= 0.3 is 6.03 Å². The smallest absolute Gasteiger partial charge is 0.312 e. The number of urea groups is 1. The third-order valence-corrected chi connectivity index (χ3v) is 7.30. The molecule has 1 heterocycles. The number of nitrogens with zero attached hydrogens (tertiary/aromatic N) is 1. The highest BCUT2D eigenvalue weighted by atomic mass is 16.6. The summed E-state index contributed by atoms with van der Waals surface area (Å²) in [6, 6.07) is -1.41. The molecule has 0 unspecified atom stereocenters. The number of hydrogen-bond acceptors (Lipinski definition) is 11. The molecule has 1 fully saturated rings. The normalized spacial score (nSPS) is 14.1. The van der Waals surface area contributed by atoms with Crippen molar-refractivity contribution in [2.24, 2.45) is 17.6 Å². The summed E-state index contributed by atoms with van der Waals surface area (Å²) >= 11 is 0. The highest BCUT2D eigenvalue weighted by molar-refractivity contribution is 6.02. The number of nitrogens with one attached hydrogen (secondary N) is 4. The first-order chi connectivity index (χ1) is 23.0. The second-order valence-electron chi connectivity index (χ2n) is 11.4. The highest BCUT2D eigenvalue weighted by Gasteiger charge is 2.30. The van der Waals surface area contributed by atoms with Crippen LogP contribution < -0.4 is 27.0 Å². The summed E-state index contributed by atoms with van der Waals surface area (Å²) in [6.07, 6.45) is 1.34. The Bertz CT molecular complexity index is 1030. The molecular weight excluding hydrogens is 632 g/mol. The molecule has 0 aromatic heterocycles. The molecule has 0 saturated carbocycles. The number of hydrogen-bond donors (Lipinski definition) is 5. The van der Waals surface area contributed by atoms with Crippen molar-refractivity contribution in [3.63, 3.8) is 0 Å². The van der Waals surface area contributed by atoms with E-state index in [1.54, 1.807) is 0 Å². The first kappa shape index (κ1) is 42.4. The van der Waals surface area contributed by atoms with Crippen LogP contribution in [0.5, 0.6) is 0 Å². The van der Waals surface area contributed by atoms with Crippen molar-refractivity contribution < 1.29 is 52.5 Å². The Morgan fingerprint density at radius 1 is 0.771 bits per heavy atom. The van der Waals surface area contributed by atoms with Gasteiger partial charge in [-0.25, -0.2) is 4.79 Å². The van der Waals surface area contributed by atoms with Crippen LogP contribution in [0.1, 0.15) is 58.8 Å². The number of likely N-dealkylation sites (tertiary alicyclic amines) is 1. The van der Waals surface area contributed by atoms with Gasteiger partial charge in [0.15, 0.2) is 5.78 Å². The summed E-state index contributed by atoms with van der Waals surface area (Å²) in [5.74, 6) is -2.37. The SMILES string of the molecule is CNC(=O)[C@H](CCCNC(N)=O)CC(=O)[C@@H](NC(=O)CCOCCOCCOCCOCCNC(=O)CCN1C(=O)CCC1=O)C(C)C. The van der Waals surface area contributed by atoms with Gasteiger partial charge in [-0.3, -0.25) is 33.7 Å². The minimum atomic E-state index is -0.749. The molecule has 17 heteroatoms. The van der Waals surface area contributed by atoms with Gasteiger partial charge in [0.05, 0.1) is 58.9 Å². The van der Waals surface area contributed by atoms with Crippen molar-refractivity contribution in [3.8, 4) is 0 Å². The number of nitrogens with two attached hydrogens (primary N) is 1. The van der Waals surface area contributed by atoms with E-state index in [0.717, 1.165) is 4.90 Å². The zero-order chi connectivity index (χ0) is 35.7. The molecule has 1 aliphatic heterocycles. The van der Waals surface area contributed by atoms with Crippen LogP contribution in [0.15, 0.2) is 0 Å². The molecule has 0 radical (unpaired) electrons. The number of ketones is 1. The van der Waals surface area contributed by atoms with E-state index in [1.807, 2.05) is 13.8 Å². The molecule has 0 aliphatic carbocycles. The molecular formula is C31H54N6O11. The number of ether oxygens (including phenoxy) is 4. The molecule has 1 rings (SSSR count). The quantitative estimate of drug-likeness (QED) is 0.0495. The summed E-state index contributed by atoms with van der Waals surface area (Å²) in [5, 5.41) is 10.4. The third-order valence-electron chi connectivity index (χ3n) is 7.30. The summed E-state index contributed by atoms with van der Waals surface area (Å²) in [7, 11) is 1.49. The van der Waals surface area contributed by atoms with E-state index in [9.17, 15) is 33.6 Å². The fourth-order valence-electron chi connectivity index (χ4n) is 4.69. The molecule has 2 atom stereocenters. The van der Waals surface area contributed by atoms with Crippen LogP contribution in [-0.2, 0) is 47.7 Å². The van der Waals surface area contributed by atoms with Gasteiger partial charge in [-0.05, 0) is 18.8 Å². The van der Waals surface area contributed by atoms with Crippen molar-refractivity contribution >= 4 is 41.4 Å². The maximum absolute atomic E-state index is 13.0. The Kier molecular flexibility index (Phi) is 22.4. The average Bonchev–Trinajstić information content (AvgIpc) is 3.37. The minimum absolute atomic E-state index is 0.0419. The monoisotopic (exact) mass is 686 g/mol. The van der Waals surface area contributed by atoms with Gasteiger partial charge in [-0.1, -0.05) is 13.8 Å². The maximum atomic E-state index is 13.0. The Balaban J connectivity index is 2.06. The first-order valence-electron chi connectivity index (χ1n) is 16.4. The number of amides is 7. The lowest BCUT2D eigenvalue weighted by molar-refractivity contribution is -0.138. The van der Waals surface area contributed by atoms with Crippen LogP contribution >= 0.6 is 0 Å². The van der Waals surface area contributed by atoms with E-state index in [-0.39, 0.29) is 93.1 Å². The second-order valence-corrected chi connectivity index (χ2v) is 11.4. The maximum Gasteiger partial charge on any atom is 0.312 e. The van der Waals surface area contributed by atoms with Crippen LogP contribution in [0.3, 0.4) is 0 Å². The molecule has 0 aromatic rings. The Morgan fingerprint density at radius 2 is 1.33 bits per heavy atom. The fraction of sp³-hybridized carbons (Fsp3) is 0.774. The van der Waals surface area contributed by atoms with Gasteiger partial charge in [0.25, 0.3) is 0 Å². The largest absolute Gasteiger partial charge is 0.379 e. The Hall–Kier alpha value is -3.67. The highest BCUT2D eigenvalue weighted by Crippen LogP contribution is 2.16. The standard InChI is InChI=1S/C31H54N6O11/c1-22(2)29(24(38)21-23(30(43)33-3)5-4-10-35-31(32)44)36-26(40)9-13-45-15-17-47-19-20-48-18-16-46-14-11-34-25(39)8-12-37-27(41)6-7-28(37)42/h22-23,29H,4-21H2,1-3H3,(H,33,43)(H,34,39)(H,36,40)(H3,32,35,44)/t23-,29+/m1/s1. The van der Waals surface area contributed by atoms with Crippen LogP contribution in [0, 0.1) is 11.8 Å². The molecule has 7 amide bonds. The lowest BCUT2D eigenvalue weighted by Gasteiger charge is -2.23. The lowest BCUT2D eigenvalue weighted by Crippen LogP contribution is -2.46. The summed E-state index contributed by atoms with van der Waals surface area (Å²) in [6.45, 7) is 6.75. The van der Waals surface area contributed by atoms with Crippen molar-refractivity contribution in [1.29, 1.82) is 0 Å². The van der Waals surface area contributed by atoms with Crippen LogP contribution in [0.25, 0.3) is 0 Å². The van der Waals surface area contributed by atoms with E-state index in [2.05, 4.69) is 21.3 Å². The molecule has 48 heavy (non-hydrogen) atoms. The van der Waals surface area contributed by atoms with Gasteiger partial charge < -0.3 is 45.9 Å². The van der Waals surface area contributed by atoms with Crippen LogP contribution in [0.4, 0.5) is 4.79 Å². The first-order valence-corrected chi connectivity index (χ1v) is 16.4. The second kappa shape index (κ2) is 25.4. The van der Waals surface area contributed by atoms with Gasteiger partial charge in [-0.15, -0.1) is 0 Å². The summed E-state index contributed by atoms with van der Waals surface area (Å²) < 4.78 is 21.7. The number of rotatable bonds is 28. The predicted molar refractivity (Wildman–Crippen MR) is 172 cm³/mol. The molecule has 0 spiro atoms. The number of carbonyl (C=O) groups is 7.